The molecule has 4 aromatic heterocycles. The van der Waals surface area contributed by atoms with Crippen LogP contribution in [-0.2, 0) is 13.0 Å². The lowest BCUT2D eigenvalue weighted by Crippen LogP contribution is -2.04. The molecule has 0 saturated carbocycles. The Kier molecular flexibility index (Phi) is 4.08. The van der Waals surface area contributed by atoms with Gasteiger partial charge in [-0.15, -0.1) is 0 Å². The summed E-state index contributed by atoms with van der Waals surface area (Å²) in [4.78, 5) is 20.5. The van der Waals surface area contributed by atoms with Crippen molar-refractivity contribution in [2.75, 3.05) is 5.32 Å². The summed E-state index contributed by atoms with van der Waals surface area (Å²) < 4.78 is 0. The molecule has 0 radical (unpaired) electrons. The van der Waals surface area contributed by atoms with E-state index >= 15 is 0 Å². The van der Waals surface area contributed by atoms with E-state index in [1.54, 1.807) is 6.20 Å². The van der Waals surface area contributed by atoms with Gasteiger partial charge in [-0.05, 0) is 41.3 Å². The van der Waals surface area contributed by atoms with E-state index in [1.807, 2.05) is 43.1 Å². The van der Waals surface area contributed by atoms with E-state index < -0.39 is 0 Å². The summed E-state index contributed by atoms with van der Waals surface area (Å²) in [5.74, 6) is 0.615. The molecular weight excluding hydrogens is 312 g/mol. The van der Waals surface area contributed by atoms with Crippen LogP contribution in [0.1, 0.15) is 22.3 Å². The van der Waals surface area contributed by atoms with E-state index in [1.165, 1.54) is 5.56 Å². The van der Waals surface area contributed by atoms with Crippen LogP contribution in [0.15, 0.2) is 55.4 Å². The molecule has 124 valence electrons. The molecule has 0 aliphatic rings. The molecule has 4 heterocycles. The van der Waals surface area contributed by atoms with Gasteiger partial charge in [-0.2, -0.15) is 0 Å². The van der Waals surface area contributed by atoms with Gasteiger partial charge in [0, 0.05) is 55.5 Å². The number of aromatic nitrogens is 5. The zero-order valence-corrected chi connectivity index (χ0v) is 13.9. The second kappa shape index (κ2) is 6.68. The summed E-state index contributed by atoms with van der Waals surface area (Å²) in [6, 6.07) is 6.08. The van der Waals surface area contributed by atoms with E-state index in [9.17, 15) is 0 Å². The van der Waals surface area contributed by atoms with Crippen LogP contribution in [0.3, 0.4) is 0 Å². The van der Waals surface area contributed by atoms with Crippen LogP contribution in [0.4, 0.5) is 5.95 Å². The van der Waals surface area contributed by atoms with Crippen molar-refractivity contribution in [3.05, 3.63) is 77.6 Å². The normalized spacial score (nSPS) is 10.9. The molecule has 0 bridgehead atoms. The van der Waals surface area contributed by atoms with Crippen LogP contribution < -0.4 is 5.32 Å². The highest BCUT2D eigenvalue weighted by molar-refractivity contribution is 5.80. The second-order valence-electron chi connectivity index (χ2n) is 6.03. The average molecular weight is 330 g/mol. The molecule has 6 heteroatoms. The summed E-state index contributed by atoms with van der Waals surface area (Å²) in [5, 5.41) is 4.36. The lowest BCUT2D eigenvalue weighted by atomic mass is 10.1. The number of H-pyrrole nitrogens is 1. The maximum Gasteiger partial charge on any atom is 0.222 e. The number of aromatic amines is 1. The minimum absolute atomic E-state index is 0.615. The number of nitrogens with zero attached hydrogens (tertiary/aromatic N) is 4. The lowest BCUT2D eigenvalue weighted by molar-refractivity contribution is 1.02. The second-order valence-corrected chi connectivity index (χ2v) is 6.03. The molecule has 6 nitrogen and oxygen atoms in total. The Morgan fingerprint density at radius 1 is 1.04 bits per heavy atom. The van der Waals surface area contributed by atoms with Crippen molar-refractivity contribution in [3.63, 3.8) is 0 Å². The number of fused-ring (bicyclic) bond motifs is 1. The largest absolute Gasteiger partial charge is 0.350 e. The standard InChI is InChI=1S/C19H18N6/c1-13-5-17-16(12-22-18(17)21-7-13)6-15-10-24-19(25-11-15)23-9-14-3-2-4-20-8-14/h2-5,7-8,10-12H,6,9H2,1H3,(H,21,22)(H,23,24,25). The van der Waals surface area contributed by atoms with Gasteiger partial charge in [0.25, 0.3) is 0 Å². The van der Waals surface area contributed by atoms with Crippen molar-refractivity contribution < 1.29 is 0 Å². The van der Waals surface area contributed by atoms with Crippen molar-refractivity contribution in [3.8, 4) is 0 Å². The highest BCUT2D eigenvalue weighted by Gasteiger charge is 2.07. The number of nitrogens with one attached hydrogen (secondary N) is 2. The van der Waals surface area contributed by atoms with Crippen molar-refractivity contribution in [2.24, 2.45) is 0 Å². The van der Waals surface area contributed by atoms with Crippen LogP contribution in [0.25, 0.3) is 11.0 Å². The molecule has 0 amide bonds. The van der Waals surface area contributed by atoms with Crippen LogP contribution in [0.5, 0.6) is 0 Å². The molecule has 2 N–H and O–H groups in total. The maximum absolute atomic E-state index is 4.41. The van der Waals surface area contributed by atoms with Crippen LogP contribution in [0.2, 0.25) is 0 Å². The molecule has 0 saturated heterocycles. The number of anilines is 1. The van der Waals surface area contributed by atoms with Gasteiger partial charge in [-0.1, -0.05) is 6.07 Å². The number of hydrogen-bond donors (Lipinski definition) is 2. The predicted octanol–water partition coefficient (Wildman–Crippen LogP) is 3.26. The molecule has 0 aliphatic heterocycles. The maximum atomic E-state index is 4.41. The molecule has 0 aliphatic carbocycles. The van der Waals surface area contributed by atoms with Gasteiger partial charge in [0.15, 0.2) is 0 Å². The van der Waals surface area contributed by atoms with E-state index in [0.717, 1.165) is 34.1 Å². The molecule has 0 atom stereocenters. The fourth-order valence-electron chi connectivity index (χ4n) is 2.75. The van der Waals surface area contributed by atoms with E-state index in [2.05, 4.69) is 43.2 Å². The van der Waals surface area contributed by atoms with Crippen LogP contribution in [0, 0.1) is 6.92 Å². The minimum atomic E-state index is 0.615. The molecule has 4 aromatic rings. The number of rotatable bonds is 5. The highest BCUT2D eigenvalue weighted by Crippen LogP contribution is 2.20. The third-order valence-electron chi connectivity index (χ3n) is 4.03. The summed E-state index contributed by atoms with van der Waals surface area (Å²) in [6.45, 7) is 2.70. The zero-order valence-electron chi connectivity index (χ0n) is 13.9. The predicted molar refractivity (Wildman–Crippen MR) is 97.2 cm³/mol. The number of pyridine rings is 2. The van der Waals surface area contributed by atoms with E-state index in [0.29, 0.717) is 12.5 Å². The molecular formula is C19H18N6. The Hall–Kier alpha value is -3.28. The van der Waals surface area contributed by atoms with Crippen molar-refractivity contribution in [1.29, 1.82) is 0 Å². The Balaban J connectivity index is 1.45. The number of hydrogen-bond acceptors (Lipinski definition) is 5. The van der Waals surface area contributed by atoms with Gasteiger partial charge < -0.3 is 10.3 Å². The summed E-state index contributed by atoms with van der Waals surface area (Å²) in [6.07, 6.45) is 12.0. The van der Waals surface area contributed by atoms with Gasteiger partial charge in [0.1, 0.15) is 5.65 Å². The van der Waals surface area contributed by atoms with Gasteiger partial charge in [0.05, 0.1) is 0 Å². The quantitative estimate of drug-likeness (QED) is 0.587. The topological polar surface area (TPSA) is 79.4 Å². The highest BCUT2D eigenvalue weighted by atomic mass is 15.1. The third kappa shape index (κ3) is 3.47. The first kappa shape index (κ1) is 15.3. The Morgan fingerprint density at radius 2 is 1.92 bits per heavy atom. The molecule has 0 unspecified atom stereocenters. The van der Waals surface area contributed by atoms with Gasteiger partial charge in [-0.3, -0.25) is 4.98 Å². The Labute approximate surface area is 145 Å². The first-order valence-corrected chi connectivity index (χ1v) is 8.14. The van der Waals surface area contributed by atoms with Crippen LogP contribution in [-0.4, -0.2) is 24.9 Å². The zero-order chi connectivity index (χ0) is 17.1. The smallest absolute Gasteiger partial charge is 0.222 e. The Bertz CT molecular complexity index is 976. The molecule has 0 aromatic carbocycles. The molecule has 0 fully saturated rings. The molecule has 25 heavy (non-hydrogen) atoms. The summed E-state index contributed by atoms with van der Waals surface area (Å²) >= 11 is 0. The van der Waals surface area contributed by atoms with Crippen molar-refractivity contribution >= 4 is 17.0 Å². The van der Waals surface area contributed by atoms with Crippen LogP contribution >= 0.6 is 0 Å². The van der Waals surface area contributed by atoms with Crippen molar-refractivity contribution in [1.82, 2.24) is 24.9 Å². The lowest BCUT2D eigenvalue weighted by Gasteiger charge is -2.05. The fourth-order valence-corrected chi connectivity index (χ4v) is 2.75. The average Bonchev–Trinajstić information content (AvgIpc) is 3.04. The van der Waals surface area contributed by atoms with Crippen molar-refractivity contribution in [2.45, 2.75) is 19.9 Å². The van der Waals surface area contributed by atoms with Gasteiger partial charge >= 0.3 is 0 Å². The van der Waals surface area contributed by atoms with Gasteiger partial charge in [0.2, 0.25) is 5.95 Å². The SMILES string of the molecule is Cc1cnc2[nH]cc(Cc3cnc(NCc4cccnc4)nc3)c2c1. The van der Waals surface area contributed by atoms with E-state index in [-0.39, 0.29) is 0 Å². The summed E-state index contributed by atoms with van der Waals surface area (Å²) in [7, 11) is 0. The monoisotopic (exact) mass is 330 g/mol. The first-order chi connectivity index (χ1) is 12.3. The Morgan fingerprint density at radius 3 is 2.72 bits per heavy atom. The third-order valence-corrected chi connectivity index (χ3v) is 4.03. The minimum Gasteiger partial charge on any atom is -0.350 e. The first-order valence-electron chi connectivity index (χ1n) is 8.14. The molecule has 0 spiro atoms. The number of aryl methyl sites for hydroxylation is 1. The summed E-state index contributed by atoms with van der Waals surface area (Å²) in [5.41, 5.74) is 5.42. The van der Waals surface area contributed by atoms with Gasteiger partial charge in [-0.25, -0.2) is 15.0 Å². The fraction of sp³-hybridized carbons (Fsp3) is 0.158. The molecule has 4 rings (SSSR count). The van der Waals surface area contributed by atoms with E-state index in [4.69, 9.17) is 0 Å².